The van der Waals surface area contributed by atoms with Gasteiger partial charge in [-0.2, -0.15) is 0 Å². The van der Waals surface area contributed by atoms with Crippen molar-refractivity contribution in [3.63, 3.8) is 0 Å². The fourth-order valence-electron chi connectivity index (χ4n) is 1.79. The number of ketones is 1. The van der Waals surface area contributed by atoms with E-state index >= 15 is 0 Å². The molecular weight excluding hydrogens is 287 g/mol. The average Bonchev–Trinajstić information content (AvgIpc) is 2.82. The summed E-state index contributed by atoms with van der Waals surface area (Å²) in [6.45, 7) is 2.05. The number of carbonyl (C=O) groups is 1. The number of halogens is 2. The number of carbonyl (C=O) groups excluding carboxylic acids is 1. The number of aryl methyl sites for hydroxylation is 1. The summed E-state index contributed by atoms with van der Waals surface area (Å²) in [5.74, 6) is 0.103. The number of thiophene rings is 1. The molecule has 0 aliphatic carbocycles. The van der Waals surface area contributed by atoms with Gasteiger partial charge in [-0.05, 0) is 47.2 Å². The predicted octanol–water partition coefficient (Wildman–Crippen LogP) is 5.04. The molecule has 4 heteroatoms. The van der Waals surface area contributed by atoms with E-state index in [1.807, 2.05) is 18.4 Å². The second kappa shape index (κ2) is 5.87. The third-order valence-electron chi connectivity index (χ3n) is 2.74. The largest absolute Gasteiger partial charge is 0.293 e. The van der Waals surface area contributed by atoms with Crippen LogP contribution < -0.4 is 0 Å². The quantitative estimate of drug-likeness (QED) is 0.723. The van der Waals surface area contributed by atoms with Gasteiger partial charge in [0.2, 0.25) is 0 Å². The van der Waals surface area contributed by atoms with Gasteiger partial charge in [0.05, 0.1) is 4.88 Å². The van der Waals surface area contributed by atoms with Crippen LogP contribution in [-0.2, 0) is 12.8 Å². The van der Waals surface area contributed by atoms with Crippen LogP contribution in [0, 0.1) is 0 Å². The van der Waals surface area contributed by atoms with Crippen LogP contribution >= 0.6 is 34.5 Å². The maximum absolute atomic E-state index is 12.2. The molecule has 18 heavy (non-hydrogen) atoms. The van der Waals surface area contributed by atoms with E-state index in [-0.39, 0.29) is 5.78 Å². The van der Waals surface area contributed by atoms with Crippen LogP contribution in [0.15, 0.2) is 29.6 Å². The number of rotatable bonds is 4. The first-order valence-corrected chi connectivity index (χ1v) is 7.29. The Morgan fingerprint density at radius 1 is 1.22 bits per heavy atom. The summed E-state index contributed by atoms with van der Waals surface area (Å²) < 4.78 is 0. The Morgan fingerprint density at radius 3 is 2.72 bits per heavy atom. The summed E-state index contributed by atoms with van der Waals surface area (Å²) in [5.41, 5.74) is 1.88. The zero-order valence-corrected chi connectivity index (χ0v) is 12.2. The normalized spacial score (nSPS) is 10.6. The Balaban J connectivity index is 2.24. The van der Waals surface area contributed by atoms with E-state index in [1.54, 1.807) is 18.2 Å². The van der Waals surface area contributed by atoms with E-state index in [0.29, 0.717) is 16.5 Å². The second-order valence-electron chi connectivity index (χ2n) is 3.96. The van der Waals surface area contributed by atoms with Gasteiger partial charge in [-0.3, -0.25) is 4.79 Å². The number of hydrogen-bond donors (Lipinski definition) is 0. The molecule has 2 rings (SSSR count). The number of Topliss-reactive ketones (excluding diaryl/α,β-unsaturated/α-hetero) is 1. The van der Waals surface area contributed by atoms with Crippen molar-refractivity contribution in [3.05, 3.63) is 55.7 Å². The van der Waals surface area contributed by atoms with Gasteiger partial charge in [0, 0.05) is 16.5 Å². The van der Waals surface area contributed by atoms with Crippen LogP contribution in [0.2, 0.25) is 10.0 Å². The molecule has 2 aromatic rings. The Labute approximate surface area is 120 Å². The lowest BCUT2D eigenvalue weighted by Crippen LogP contribution is -2.04. The van der Waals surface area contributed by atoms with Crippen LogP contribution in [0.25, 0.3) is 0 Å². The number of hydrogen-bond acceptors (Lipinski definition) is 2. The van der Waals surface area contributed by atoms with Gasteiger partial charge in [-0.1, -0.05) is 30.1 Å². The zero-order chi connectivity index (χ0) is 13.1. The van der Waals surface area contributed by atoms with E-state index in [9.17, 15) is 4.79 Å². The minimum atomic E-state index is 0.103. The lowest BCUT2D eigenvalue weighted by atomic mass is 10.1. The SMILES string of the molecule is CCc1ccsc1C(=O)Cc1cc(Cl)ccc1Cl. The highest BCUT2D eigenvalue weighted by Gasteiger charge is 2.14. The maximum Gasteiger partial charge on any atom is 0.177 e. The van der Waals surface area contributed by atoms with Gasteiger partial charge in [0.25, 0.3) is 0 Å². The standard InChI is InChI=1S/C14H12Cl2OS/c1-2-9-5-6-18-14(9)13(17)8-10-7-11(15)3-4-12(10)16/h3-7H,2,8H2,1H3. The summed E-state index contributed by atoms with van der Waals surface area (Å²) in [7, 11) is 0. The van der Waals surface area contributed by atoms with Crippen molar-refractivity contribution < 1.29 is 4.79 Å². The molecule has 0 amide bonds. The zero-order valence-electron chi connectivity index (χ0n) is 9.87. The Bertz CT molecular complexity index is 575. The van der Waals surface area contributed by atoms with Crippen molar-refractivity contribution >= 4 is 40.3 Å². The van der Waals surface area contributed by atoms with E-state index in [4.69, 9.17) is 23.2 Å². The van der Waals surface area contributed by atoms with E-state index in [1.165, 1.54) is 11.3 Å². The highest BCUT2D eigenvalue weighted by Crippen LogP contribution is 2.24. The van der Waals surface area contributed by atoms with Gasteiger partial charge in [-0.15, -0.1) is 11.3 Å². The second-order valence-corrected chi connectivity index (χ2v) is 5.72. The molecular formula is C14H12Cl2OS. The first-order valence-electron chi connectivity index (χ1n) is 5.65. The Morgan fingerprint density at radius 2 is 2.00 bits per heavy atom. The molecule has 0 saturated heterocycles. The van der Waals surface area contributed by atoms with Crippen molar-refractivity contribution in [1.82, 2.24) is 0 Å². The first-order chi connectivity index (χ1) is 8.61. The topological polar surface area (TPSA) is 17.1 Å². The van der Waals surface area contributed by atoms with Crippen molar-refractivity contribution in [1.29, 1.82) is 0 Å². The average molecular weight is 299 g/mol. The molecule has 0 fully saturated rings. The molecule has 1 heterocycles. The molecule has 0 spiro atoms. The molecule has 0 radical (unpaired) electrons. The molecule has 0 atom stereocenters. The van der Waals surface area contributed by atoms with Crippen LogP contribution in [0.4, 0.5) is 0 Å². The van der Waals surface area contributed by atoms with Crippen molar-refractivity contribution in [2.24, 2.45) is 0 Å². The smallest absolute Gasteiger partial charge is 0.177 e. The van der Waals surface area contributed by atoms with Crippen molar-refractivity contribution in [2.45, 2.75) is 19.8 Å². The lowest BCUT2D eigenvalue weighted by Gasteiger charge is -2.04. The third-order valence-corrected chi connectivity index (χ3v) is 4.34. The summed E-state index contributed by atoms with van der Waals surface area (Å²) in [4.78, 5) is 13.1. The molecule has 0 aliphatic heterocycles. The molecule has 1 aromatic carbocycles. The molecule has 0 bridgehead atoms. The minimum absolute atomic E-state index is 0.103. The Kier molecular flexibility index (Phi) is 4.44. The molecule has 0 saturated carbocycles. The van der Waals surface area contributed by atoms with Crippen molar-refractivity contribution in [2.75, 3.05) is 0 Å². The van der Waals surface area contributed by atoms with E-state index in [2.05, 4.69) is 0 Å². The van der Waals surface area contributed by atoms with Crippen LogP contribution in [0.1, 0.15) is 27.7 Å². The third kappa shape index (κ3) is 2.94. The van der Waals surface area contributed by atoms with Crippen LogP contribution in [-0.4, -0.2) is 5.78 Å². The highest BCUT2D eigenvalue weighted by molar-refractivity contribution is 7.12. The molecule has 1 aromatic heterocycles. The summed E-state index contributed by atoms with van der Waals surface area (Å²) in [6.07, 6.45) is 1.17. The fourth-order valence-corrected chi connectivity index (χ4v) is 3.11. The Hall–Kier alpha value is -0.830. The fraction of sp³-hybridized carbons (Fsp3) is 0.214. The number of benzene rings is 1. The summed E-state index contributed by atoms with van der Waals surface area (Å²) in [5, 5.41) is 3.14. The summed E-state index contributed by atoms with van der Waals surface area (Å²) in [6, 6.07) is 7.20. The monoisotopic (exact) mass is 298 g/mol. The first kappa shape index (κ1) is 13.6. The van der Waals surface area contributed by atoms with Crippen LogP contribution in [0.3, 0.4) is 0 Å². The van der Waals surface area contributed by atoms with Crippen LogP contribution in [0.5, 0.6) is 0 Å². The predicted molar refractivity (Wildman–Crippen MR) is 78.2 cm³/mol. The van der Waals surface area contributed by atoms with Gasteiger partial charge in [-0.25, -0.2) is 0 Å². The van der Waals surface area contributed by atoms with E-state index < -0.39 is 0 Å². The molecule has 94 valence electrons. The van der Waals surface area contributed by atoms with Gasteiger partial charge >= 0.3 is 0 Å². The van der Waals surface area contributed by atoms with Crippen molar-refractivity contribution in [3.8, 4) is 0 Å². The lowest BCUT2D eigenvalue weighted by molar-refractivity contribution is 0.0996. The molecule has 1 nitrogen and oxygen atoms in total. The van der Waals surface area contributed by atoms with Gasteiger partial charge < -0.3 is 0 Å². The maximum atomic E-state index is 12.2. The van der Waals surface area contributed by atoms with Gasteiger partial charge in [0.1, 0.15) is 0 Å². The minimum Gasteiger partial charge on any atom is -0.293 e. The summed E-state index contributed by atoms with van der Waals surface area (Å²) >= 11 is 13.5. The van der Waals surface area contributed by atoms with E-state index in [0.717, 1.165) is 22.4 Å². The highest BCUT2D eigenvalue weighted by atomic mass is 35.5. The molecule has 0 aliphatic rings. The molecule has 0 unspecified atom stereocenters. The van der Waals surface area contributed by atoms with Gasteiger partial charge in [0.15, 0.2) is 5.78 Å². The molecule has 0 N–H and O–H groups in total.